The van der Waals surface area contributed by atoms with Gasteiger partial charge in [0.1, 0.15) is 0 Å². The maximum Gasteiger partial charge on any atom is -0.0433 e. The van der Waals surface area contributed by atoms with Crippen molar-refractivity contribution in [3.63, 3.8) is 0 Å². The molecule has 4 aromatic carbocycles. The van der Waals surface area contributed by atoms with Crippen LogP contribution in [0.15, 0.2) is 72.8 Å². The molecule has 23 heavy (non-hydrogen) atoms. The molecule has 0 unspecified atom stereocenters. The van der Waals surface area contributed by atoms with Crippen molar-refractivity contribution >= 4 is 40.2 Å². The standard InChI is InChI=1S/C20H16.2ClH.Ti/c1-2-6-18-12-15(11-17(18)5-1)9-10-16-13-19-7-3-4-8-20(19)14-16;;;/h1-8,11-14H,9-10H2;2*1H;/q-2;;;+2/p-2. The summed E-state index contributed by atoms with van der Waals surface area (Å²) >= 11 is -0.556. The van der Waals surface area contributed by atoms with Crippen molar-refractivity contribution in [2.24, 2.45) is 0 Å². The second kappa shape index (κ2) is 8.17. The maximum atomic E-state index is 4.89. The van der Waals surface area contributed by atoms with E-state index in [1.807, 2.05) is 0 Å². The fourth-order valence-corrected chi connectivity index (χ4v) is 3.01. The SMILES string of the molecule is [Cl][Ti][Cl].c1ccc2[cH-]c(CCc3cc4ccccc4[cH-]3)cc2c1. The van der Waals surface area contributed by atoms with Crippen molar-refractivity contribution in [3.05, 3.63) is 83.9 Å². The van der Waals surface area contributed by atoms with Crippen LogP contribution in [0.2, 0.25) is 0 Å². The van der Waals surface area contributed by atoms with E-state index in [1.165, 1.54) is 32.7 Å². The Balaban J connectivity index is 0.000000485. The number of fused-ring (bicyclic) bond motifs is 2. The second-order valence-electron chi connectivity index (χ2n) is 5.56. The monoisotopic (exact) mass is 374 g/mol. The Morgan fingerprint density at radius 2 is 1.09 bits per heavy atom. The Kier molecular flexibility index (Phi) is 5.97. The van der Waals surface area contributed by atoms with Crippen LogP contribution in [0.3, 0.4) is 0 Å². The van der Waals surface area contributed by atoms with Crippen LogP contribution in [0.5, 0.6) is 0 Å². The molecular weight excluding hydrogens is 359 g/mol. The zero-order chi connectivity index (χ0) is 16.1. The summed E-state index contributed by atoms with van der Waals surface area (Å²) < 4.78 is 0. The van der Waals surface area contributed by atoms with Crippen molar-refractivity contribution < 1.29 is 17.0 Å². The predicted octanol–water partition coefficient (Wildman–Crippen LogP) is 6.59. The molecule has 0 amide bonds. The molecule has 0 atom stereocenters. The number of hydrogen-bond donors (Lipinski definition) is 0. The van der Waals surface area contributed by atoms with E-state index in [-0.39, 0.29) is 0 Å². The van der Waals surface area contributed by atoms with Crippen LogP contribution in [-0.4, -0.2) is 0 Å². The third kappa shape index (κ3) is 4.28. The Bertz CT molecular complexity index is 749. The van der Waals surface area contributed by atoms with Gasteiger partial charge in [-0.15, -0.1) is 81.2 Å². The van der Waals surface area contributed by atoms with Crippen LogP contribution in [0.4, 0.5) is 0 Å². The van der Waals surface area contributed by atoms with Gasteiger partial charge in [0.15, 0.2) is 0 Å². The third-order valence-corrected chi connectivity index (χ3v) is 4.06. The Labute approximate surface area is 153 Å². The first-order chi connectivity index (χ1) is 11.3. The molecule has 0 saturated heterocycles. The molecule has 0 nitrogen and oxygen atoms in total. The Morgan fingerprint density at radius 1 is 0.696 bits per heavy atom. The number of aryl methyl sites for hydroxylation is 2. The minimum absolute atomic E-state index is 0.556. The summed E-state index contributed by atoms with van der Waals surface area (Å²) in [5.41, 5.74) is 2.88. The molecule has 0 heterocycles. The van der Waals surface area contributed by atoms with E-state index in [0.29, 0.717) is 0 Å². The van der Waals surface area contributed by atoms with Crippen molar-refractivity contribution in [2.75, 3.05) is 0 Å². The molecule has 0 fully saturated rings. The van der Waals surface area contributed by atoms with Gasteiger partial charge in [-0.3, -0.25) is 0 Å². The molecule has 0 spiro atoms. The van der Waals surface area contributed by atoms with Crippen molar-refractivity contribution in [3.8, 4) is 0 Å². The second-order valence-corrected chi connectivity index (χ2v) is 8.14. The fourth-order valence-electron chi connectivity index (χ4n) is 3.01. The van der Waals surface area contributed by atoms with Gasteiger partial charge in [-0.2, -0.15) is 12.1 Å². The Morgan fingerprint density at radius 3 is 1.48 bits per heavy atom. The molecule has 0 aliphatic heterocycles. The molecule has 0 aliphatic carbocycles. The molecule has 0 aliphatic rings. The van der Waals surface area contributed by atoms with E-state index in [0.717, 1.165) is 12.8 Å². The van der Waals surface area contributed by atoms with E-state index in [1.54, 1.807) is 0 Å². The van der Waals surface area contributed by atoms with Gasteiger partial charge in [-0.05, 0) is 12.8 Å². The maximum absolute atomic E-state index is 4.89. The average Bonchev–Trinajstić information content (AvgIpc) is 3.16. The van der Waals surface area contributed by atoms with Crippen molar-refractivity contribution in [2.45, 2.75) is 12.8 Å². The molecule has 3 heteroatoms. The number of benzene rings is 2. The zero-order valence-corrected chi connectivity index (χ0v) is 15.7. The van der Waals surface area contributed by atoms with Crippen molar-refractivity contribution in [1.29, 1.82) is 0 Å². The molecule has 4 aromatic rings. The third-order valence-electron chi connectivity index (χ3n) is 4.06. The first kappa shape index (κ1) is 16.8. The van der Waals surface area contributed by atoms with Gasteiger partial charge in [0.25, 0.3) is 0 Å². The van der Waals surface area contributed by atoms with E-state index in [4.69, 9.17) is 18.6 Å². The van der Waals surface area contributed by atoms with Crippen LogP contribution < -0.4 is 0 Å². The summed E-state index contributed by atoms with van der Waals surface area (Å²) in [7, 11) is 9.78. The summed E-state index contributed by atoms with van der Waals surface area (Å²) in [4.78, 5) is 0. The van der Waals surface area contributed by atoms with Crippen LogP contribution in [0.1, 0.15) is 11.1 Å². The summed E-state index contributed by atoms with van der Waals surface area (Å²) in [6.45, 7) is 0. The summed E-state index contributed by atoms with van der Waals surface area (Å²) in [6, 6.07) is 26.5. The molecule has 116 valence electrons. The van der Waals surface area contributed by atoms with Gasteiger partial charge in [-0.25, -0.2) is 0 Å². The summed E-state index contributed by atoms with van der Waals surface area (Å²) in [5, 5.41) is 5.43. The normalized spacial score (nSPS) is 10.5. The van der Waals surface area contributed by atoms with E-state index >= 15 is 0 Å². The largest absolute Gasteiger partial charge is 0.165 e. The molecule has 4 rings (SSSR count). The van der Waals surface area contributed by atoms with E-state index in [9.17, 15) is 0 Å². The van der Waals surface area contributed by atoms with Crippen molar-refractivity contribution in [1.82, 2.24) is 0 Å². The minimum atomic E-state index is -0.556. The van der Waals surface area contributed by atoms with Gasteiger partial charge >= 0.3 is 35.6 Å². The smallest absolute Gasteiger partial charge is 0.0433 e. The predicted molar refractivity (Wildman–Crippen MR) is 98.2 cm³/mol. The summed E-state index contributed by atoms with van der Waals surface area (Å²) in [6.07, 6.45) is 2.23. The molecule has 0 radical (unpaired) electrons. The minimum Gasteiger partial charge on any atom is -0.165 e. The van der Waals surface area contributed by atoms with Gasteiger partial charge in [0, 0.05) is 0 Å². The Hall–Kier alpha value is -1.05. The van der Waals surface area contributed by atoms with Gasteiger partial charge in [-0.1, -0.05) is 12.1 Å². The molecule has 0 aromatic heterocycles. The first-order valence-corrected chi connectivity index (χ1v) is 11.8. The van der Waals surface area contributed by atoms with Crippen LogP contribution >= 0.6 is 18.6 Å². The fraction of sp³-hybridized carbons (Fsp3) is 0.100. The number of rotatable bonds is 3. The van der Waals surface area contributed by atoms with E-state index < -0.39 is 17.0 Å². The topological polar surface area (TPSA) is 0 Å². The number of halogens is 2. The van der Waals surface area contributed by atoms with Crippen LogP contribution in [-0.2, 0) is 29.9 Å². The van der Waals surface area contributed by atoms with Gasteiger partial charge in [0.05, 0.1) is 0 Å². The first-order valence-electron chi connectivity index (χ1n) is 7.55. The van der Waals surface area contributed by atoms with Gasteiger partial charge < -0.3 is 0 Å². The average molecular weight is 375 g/mol. The molecule has 0 saturated carbocycles. The molecule has 0 N–H and O–H groups in total. The van der Waals surface area contributed by atoms with Gasteiger partial charge in [0.2, 0.25) is 0 Å². The molecular formula is C20H16Cl2Ti-2. The zero-order valence-electron chi connectivity index (χ0n) is 12.6. The quantitative estimate of drug-likeness (QED) is 0.280. The van der Waals surface area contributed by atoms with Crippen LogP contribution in [0.25, 0.3) is 21.5 Å². The summed E-state index contributed by atoms with van der Waals surface area (Å²) in [5.74, 6) is 0. The van der Waals surface area contributed by atoms with E-state index in [2.05, 4.69) is 72.8 Å². The number of hydrogen-bond acceptors (Lipinski definition) is 0. The van der Waals surface area contributed by atoms with Crippen LogP contribution in [0, 0.1) is 0 Å². The molecule has 0 bridgehead atoms.